The summed E-state index contributed by atoms with van der Waals surface area (Å²) in [5.74, 6) is -4.42. The Labute approximate surface area is 177 Å². The first-order chi connectivity index (χ1) is 11.7. The molecule has 0 aliphatic carbocycles. The summed E-state index contributed by atoms with van der Waals surface area (Å²) < 4.78 is 21.2. The van der Waals surface area contributed by atoms with Crippen LogP contribution in [0.25, 0.3) is 0 Å². The normalized spacial score (nSPS) is 33.9. The number of ether oxygens (including phenoxy) is 2. The Morgan fingerprint density at radius 3 is 2.42 bits per heavy atom. The van der Waals surface area contributed by atoms with Crippen molar-refractivity contribution in [2.45, 2.75) is 32.2 Å². The molecule has 1 saturated heterocycles. The van der Waals surface area contributed by atoms with E-state index in [0.29, 0.717) is 18.8 Å². The van der Waals surface area contributed by atoms with Crippen LogP contribution in [0.15, 0.2) is 28.8 Å². The fourth-order valence-electron chi connectivity index (χ4n) is 2.50. The topological polar surface area (TPSA) is 64.1 Å². The van der Waals surface area contributed by atoms with Crippen molar-refractivity contribution in [2.24, 2.45) is 4.52 Å². The molecule has 26 heavy (non-hydrogen) atoms. The van der Waals surface area contributed by atoms with Gasteiger partial charge in [-0.15, -0.1) is 0 Å². The molecule has 148 valence electrons. The Morgan fingerprint density at radius 1 is 1.23 bits per heavy atom. The summed E-state index contributed by atoms with van der Waals surface area (Å²) in [5, 5.41) is 0. The van der Waals surface area contributed by atoms with Gasteiger partial charge in [0.1, 0.15) is 0 Å². The average molecular weight is 521 g/mol. The number of nitrogens with one attached hydrogen (secondary N) is 2. The van der Waals surface area contributed by atoms with Crippen LogP contribution in [0.1, 0.15) is 19.4 Å². The molecule has 0 saturated carbocycles. The third-order valence-corrected chi connectivity index (χ3v) is 16.8. The van der Waals surface area contributed by atoms with E-state index in [0.717, 1.165) is 5.56 Å². The van der Waals surface area contributed by atoms with E-state index in [2.05, 4.69) is 14.2 Å². The zero-order chi connectivity index (χ0) is 19.3. The van der Waals surface area contributed by atoms with Gasteiger partial charge in [0, 0.05) is 0 Å². The molecule has 0 amide bonds. The van der Waals surface area contributed by atoms with Crippen LogP contribution in [0.3, 0.4) is 0 Å². The number of hydrogen-bond acceptors (Lipinski definition) is 6. The molecule has 1 aromatic carbocycles. The van der Waals surface area contributed by atoms with E-state index in [-0.39, 0.29) is 14.6 Å². The molecule has 0 bridgehead atoms. The molecule has 1 unspecified atom stereocenters. The SMILES string of the molecule is CC1(C)OCC(Cc2ccc(OP3(Cl)(Cl)N=PNP(Cl)(Cl)(Cl)N3)cc2)O1. The molecule has 0 aromatic heterocycles. The molecule has 3 rings (SSSR count). The molecule has 2 aliphatic heterocycles. The van der Waals surface area contributed by atoms with E-state index >= 15 is 0 Å². The third-order valence-electron chi connectivity index (χ3n) is 3.44. The number of rotatable bonds is 4. The fraction of sp³-hybridized carbons (Fsp3) is 0.500. The van der Waals surface area contributed by atoms with Crippen LogP contribution in [0.4, 0.5) is 0 Å². The van der Waals surface area contributed by atoms with Crippen LogP contribution in [0.2, 0.25) is 0 Å². The second-order valence-corrected chi connectivity index (χ2v) is 24.2. The van der Waals surface area contributed by atoms with Crippen molar-refractivity contribution in [2.75, 3.05) is 6.61 Å². The quantitative estimate of drug-likeness (QED) is 0.403. The summed E-state index contributed by atoms with van der Waals surface area (Å²) in [7, 11) is 0.235. The van der Waals surface area contributed by atoms with Crippen molar-refractivity contribution in [1.82, 2.24) is 9.72 Å². The molecule has 2 heterocycles. The van der Waals surface area contributed by atoms with Crippen molar-refractivity contribution >= 4 is 75.5 Å². The van der Waals surface area contributed by atoms with E-state index in [1.165, 1.54) is 0 Å². The number of nitrogens with zero attached hydrogens (tertiary/aromatic N) is 1. The number of benzene rings is 1. The van der Waals surface area contributed by atoms with Crippen LogP contribution in [-0.2, 0) is 15.9 Å². The van der Waals surface area contributed by atoms with Gasteiger partial charge < -0.3 is 0 Å². The van der Waals surface area contributed by atoms with Gasteiger partial charge in [0.05, 0.1) is 0 Å². The third kappa shape index (κ3) is 5.89. The van der Waals surface area contributed by atoms with Gasteiger partial charge in [0.25, 0.3) is 0 Å². The summed E-state index contributed by atoms with van der Waals surface area (Å²) in [6.45, 7) is 4.33. The summed E-state index contributed by atoms with van der Waals surface area (Å²) >= 11 is 31.3. The molecule has 1 aromatic rings. The van der Waals surface area contributed by atoms with E-state index in [1.807, 2.05) is 26.0 Å². The number of hydrogen-bond donors (Lipinski definition) is 2. The van der Waals surface area contributed by atoms with Crippen molar-refractivity contribution in [1.29, 1.82) is 0 Å². The maximum absolute atomic E-state index is 6.44. The molecule has 0 spiro atoms. The zero-order valence-corrected chi connectivity index (χ0v) is 20.2. The van der Waals surface area contributed by atoms with Crippen molar-refractivity contribution in [3.05, 3.63) is 29.8 Å². The maximum atomic E-state index is 6.44. The minimum absolute atomic E-state index is 0.000866. The predicted molar refractivity (Wildman–Crippen MR) is 114 cm³/mol. The van der Waals surface area contributed by atoms with Gasteiger partial charge in [-0.3, -0.25) is 0 Å². The molecule has 0 radical (unpaired) electrons. The molecular formula is C12H17Cl5N3O3P3. The average Bonchev–Trinajstić information content (AvgIpc) is 2.76. The molecule has 14 heteroatoms. The van der Waals surface area contributed by atoms with Crippen LogP contribution < -0.4 is 14.2 Å². The summed E-state index contributed by atoms with van der Waals surface area (Å²) in [4.78, 5) is 1.21. The Hall–Kier alpha value is 1.27. The predicted octanol–water partition coefficient (Wildman–Crippen LogP) is 7.45. The molecule has 1 atom stereocenters. The van der Waals surface area contributed by atoms with Crippen LogP contribution >= 0.6 is 75.5 Å². The van der Waals surface area contributed by atoms with Crippen LogP contribution in [0, 0.1) is 0 Å². The number of halogens is 5. The van der Waals surface area contributed by atoms with Gasteiger partial charge in [-0.25, -0.2) is 0 Å². The van der Waals surface area contributed by atoms with Gasteiger partial charge in [0.2, 0.25) is 0 Å². The summed E-state index contributed by atoms with van der Waals surface area (Å²) in [6, 6.07) is 7.24. The minimum atomic E-state index is -4.28. The first kappa shape index (κ1) is 22.0. The summed E-state index contributed by atoms with van der Waals surface area (Å²) in [5.41, 5.74) is 1.05. The van der Waals surface area contributed by atoms with Crippen molar-refractivity contribution in [3.8, 4) is 5.75 Å². The van der Waals surface area contributed by atoms with E-state index in [1.54, 1.807) is 12.1 Å². The van der Waals surface area contributed by atoms with Gasteiger partial charge in [-0.05, 0) is 0 Å². The molecule has 2 N–H and O–H groups in total. The molecule has 6 nitrogen and oxygen atoms in total. The Bertz CT molecular complexity index is 741. The Balaban J connectivity index is 1.69. The van der Waals surface area contributed by atoms with E-state index in [9.17, 15) is 0 Å². The van der Waals surface area contributed by atoms with Crippen molar-refractivity contribution in [3.63, 3.8) is 0 Å². The van der Waals surface area contributed by atoms with Gasteiger partial charge in [0.15, 0.2) is 0 Å². The Morgan fingerprint density at radius 2 is 1.88 bits per heavy atom. The molecule has 2 aliphatic rings. The second-order valence-electron chi connectivity index (χ2n) is 6.39. The van der Waals surface area contributed by atoms with E-state index < -0.39 is 16.6 Å². The van der Waals surface area contributed by atoms with E-state index in [4.69, 9.17) is 70.2 Å². The zero-order valence-electron chi connectivity index (χ0n) is 13.7. The van der Waals surface area contributed by atoms with Crippen LogP contribution in [0.5, 0.6) is 5.75 Å². The first-order valence-corrected chi connectivity index (χ1v) is 17.2. The fourth-order valence-corrected chi connectivity index (χ4v) is 18.8. The molecular weight excluding hydrogens is 504 g/mol. The first-order valence-electron chi connectivity index (χ1n) is 7.45. The standard InChI is InChI=1S/C12H17Cl5N3O3P3/c1-12(2)21-8-11(22-12)7-9-3-5-10(6-4-9)23-26(16,17)19-24-18-25(13,14,15)20-26/h3-6,11,20H,7-8H2,1-2H3,(H,18,19). The second kappa shape index (κ2) is 6.91. The van der Waals surface area contributed by atoms with Crippen molar-refractivity contribution < 1.29 is 14.0 Å². The van der Waals surface area contributed by atoms with Gasteiger partial charge in [-0.2, -0.15) is 0 Å². The van der Waals surface area contributed by atoms with Gasteiger partial charge >= 0.3 is 178 Å². The Kier molecular flexibility index (Phi) is 5.84. The monoisotopic (exact) mass is 519 g/mol. The van der Waals surface area contributed by atoms with Gasteiger partial charge in [-0.1, -0.05) is 0 Å². The van der Waals surface area contributed by atoms with Crippen LogP contribution in [-0.4, -0.2) is 18.5 Å². The molecule has 1 fully saturated rings. The summed E-state index contributed by atoms with van der Waals surface area (Å²) in [6.07, 6.45) is 0.709.